The first-order chi connectivity index (χ1) is 13.3. The maximum atomic E-state index is 11.6. The van der Waals surface area contributed by atoms with Crippen molar-refractivity contribution >= 4 is 45.3 Å². The van der Waals surface area contributed by atoms with Crippen molar-refractivity contribution in [3.63, 3.8) is 0 Å². The van der Waals surface area contributed by atoms with Crippen molar-refractivity contribution in [2.24, 2.45) is 0 Å². The Labute approximate surface area is 168 Å². The monoisotopic (exact) mass is 394 g/mol. The van der Waals surface area contributed by atoms with Crippen LogP contribution >= 0.6 is 11.3 Å². The summed E-state index contributed by atoms with van der Waals surface area (Å²) in [6.07, 6.45) is 0. The molecule has 0 fully saturated rings. The zero-order valence-electron chi connectivity index (χ0n) is 16.2. The van der Waals surface area contributed by atoms with Gasteiger partial charge >= 0.3 is 0 Å². The molecule has 0 radical (unpaired) electrons. The fraction of sp³-hybridized carbons (Fsp3) is 0.190. The number of hydrogen-bond donors (Lipinski definition) is 3. The van der Waals surface area contributed by atoms with Crippen LogP contribution in [0, 0.1) is 13.8 Å². The first-order valence-corrected chi connectivity index (χ1v) is 9.70. The topological polar surface area (TPSA) is 83.1 Å². The van der Waals surface area contributed by atoms with E-state index in [0.717, 1.165) is 33.2 Å². The molecule has 0 aliphatic carbocycles. The highest BCUT2D eigenvalue weighted by atomic mass is 32.1. The van der Waals surface area contributed by atoms with Crippen LogP contribution in [0.15, 0.2) is 41.8 Å². The van der Waals surface area contributed by atoms with Crippen molar-refractivity contribution in [3.05, 3.63) is 52.9 Å². The number of amides is 2. The van der Waals surface area contributed by atoms with Gasteiger partial charge in [-0.2, -0.15) is 0 Å². The molecule has 28 heavy (non-hydrogen) atoms. The molecule has 3 rings (SSSR count). The third-order valence-corrected chi connectivity index (χ3v) is 4.90. The summed E-state index contributed by atoms with van der Waals surface area (Å²) in [6.45, 7) is 7.00. The molecule has 0 saturated heterocycles. The lowest BCUT2D eigenvalue weighted by Gasteiger charge is -2.12. The Morgan fingerprint density at radius 1 is 0.964 bits per heavy atom. The van der Waals surface area contributed by atoms with Gasteiger partial charge in [0, 0.05) is 36.2 Å². The minimum absolute atomic E-state index is 0.171. The van der Waals surface area contributed by atoms with E-state index < -0.39 is 0 Å². The van der Waals surface area contributed by atoms with Crippen LogP contribution < -0.4 is 16.0 Å². The second-order valence-corrected chi connectivity index (χ2v) is 7.41. The Morgan fingerprint density at radius 3 is 2.29 bits per heavy atom. The van der Waals surface area contributed by atoms with Gasteiger partial charge in [0.25, 0.3) is 0 Å². The molecule has 6 nitrogen and oxygen atoms in total. The number of benzene rings is 2. The molecule has 0 aliphatic heterocycles. The number of rotatable bonds is 5. The lowest BCUT2D eigenvalue weighted by atomic mass is 10.1. The van der Waals surface area contributed by atoms with Gasteiger partial charge in [-0.25, -0.2) is 4.98 Å². The molecule has 7 heteroatoms. The number of anilines is 4. The molecular weight excluding hydrogens is 372 g/mol. The summed E-state index contributed by atoms with van der Waals surface area (Å²) in [4.78, 5) is 27.6. The highest BCUT2D eigenvalue weighted by Gasteiger charge is 2.13. The highest BCUT2D eigenvalue weighted by molar-refractivity contribution is 7.14. The normalized spacial score (nSPS) is 10.4. The third kappa shape index (κ3) is 4.55. The molecule has 0 unspecified atom stereocenters. The van der Waals surface area contributed by atoms with E-state index in [4.69, 9.17) is 0 Å². The maximum Gasteiger partial charge on any atom is 0.221 e. The molecule has 2 amide bonds. The molecular formula is C21H22N4O2S. The van der Waals surface area contributed by atoms with Crippen LogP contribution in [0.25, 0.3) is 11.3 Å². The van der Waals surface area contributed by atoms with Crippen LogP contribution in [0.1, 0.15) is 25.0 Å². The SMILES string of the molecule is CC(=O)Nc1ccc(-c2csc(Nc3c(C)cccc3C)n2)c(NC(C)=O)c1. The van der Waals surface area contributed by atoms with Gasteiger partial charge in [0.15, 0.2) is 5.13 Å². The van der Waals surface area contributed by atoms with E-state index >= 15 is 0 Å². The number of thiazole rings is 1. The molecule has 2 aromatic carbocycles. The Kier molecular flexibility index (Phi) is 5.75. The van der Waals surface area contributed by atoms with E-state index in [2.05, 4.69) is 46.9 Å². The van der Waals surface area contributed by atoms with Crippen molar-refractivity contribution in [2.75, 3.05) is 16.0 Å². The lowest BCUT2D eigenvalue weighted by molar-refractivity contribution is -0.115. The van der Waals surface area contributed by atoms with Gasteiger partial charge in [-0.05, 0) is 43.2 Å². The van der Waals surface area contributed by atoms with Gasteiger partial charge in [-0.15, -0.1) is 11.3 Å². The average Bonchev–Trinajstić information content (AvgIpc) is 3.06. The zero-order valence-corrected chi connectivity index (χ0v) is 17.0. The molecule has 3 aromatic rings. The van der Waals surface area contributed by atoms with E-state index in [-0.39, 0.29) is 11.8 Å². The van der Waals surface area contributed by atoms with Crippen LogP contribution in [0.4, 0.5) is 22.2 Å². The van der Waals surface area contributed by atoms with Crippen molar-refractivity contribution in [1.82, 2.24) is 4.98 Å². The quantitative estimate of drug-likeness (QED) is 0.563. The second-order valence-electron chi connectivity index (χ2n) is 6.55. The smallest absolute Gasteiger partial charge is 0.221 e. The predicted octanol–water partition coefficient (Wildman–Crippen LogP) is 5.09. The van der Waals surface area contributed by atoms with E-state index in [0.29, 0.717) is 11.4 Å². The van der Waals surface area contributed by atoms with Crippen LogP contribution in [0.5, 0.6) is 0 Å². The number of aromatic nitrogens is 1. The van der Waals surface area contributed by atoms with E-state index in [1.165, 1.54) is 25.2 Å². The first-order valence-electron chi connectivity index (χ1n) is 8.82. The van der Waals surface area contributed by atoms with Crippen molar-refractivity contribution < 1.29 is 9.59 Å². The van der Waals surface area contributed by atoms with Gasteiger partial charge in [-0.3, -0.25) is 9.59 Å². The standard InChI is InChI=1S/C21H22N4O2S/c1-12-6-5-7-13(2)20(12)25-21-24-19(11-28-21)17-9-8-16(22-14(3)26)10-18(17)23-15(4)27/h5-11H,1-4H3,(H,22,26)(H,23,27)(H,24,25). The summed E-state index contributed by atoms with van der Waals surface area (Å²) in [7, 11) is 0. The van der Waals surface area contributed by atoms with Crippen LogP contribution in [-0.2, 0) is 9.59 Å². The van der Waals surface area contributed by atoms with E-state index in [1.807, 2.05) is 17.5 Å². The number of hydrogen-bond acceptors (Lipinski definition) is 5. The van der Waals surface area contributed by atoms with Gasteiger partial charge < -0.3 is 16.0 Å². The number of nitrogens with one attached hydrogen (secondary N) is 3. The van der Waals surface area contributed by atoms with Gasteiger partial charge in [0.2, 0.25) is 11.8 Å². The van der Waals surface area contributed by atoms with Gasteiger partial charge in [0.05, 0.1) is 11.4 Å². The molecule has 0 spiro atoms. The molecule has 0 atom stereocenters. The average molecular weight is 395 g/mol. The fourth-order valence-electron chi connectivity index (χ4n) is 2.92. The molecule has 144 valence electrons. The molecule has 1 aromatic heterocycles. The number of nitrogens with zero attached hydrogens (tertiary/aromatic N) is 1. The number of carbonyl (C=O) groups is 2. The minimum Gasteiger partial charge on any atom is -0.331 e. The maximum absolute atomic E-state index is 11.6. The Balaban J connectivity index is 1.93. The lowest BCUT2D eigenvalue weighted by Crippen LogP contribution is -2.09. The number of carbonyl (C=O) groups excluding carboxylic acids is 2. The summed E-state index contributed by atoms with van der Waals surface area (Å²) >= 11 is 1.49. The van der Waals surface area contributed by atoms with Crippen LogP contribution in [0.3, 0.4) is 0 Å². The summed E-state index contributed by atoms with van der Waals surface area (Å²) in [5.41, 5.74) is 6.09. The second kappa shape index (κ2) is 8.22. The number of aryl methyl sites for hydroxylation is 2. The summed E-state index contributed by atoms with van der Waals surface area (Å²) in [5, 5.41) is 11.6. The Hall–Kier alpha value is -3.19. The minimum atomic E-state index is -0.190. The zero-order chi connectivity index (χ0) is 20.3. The van der Waals surface area contributed by atoms with Crippen molar-refractivity contribution in [3.8, 4) is 11.3 Å². The van der Waals surface area contributed by atoms with Crippen molar-refractivity contribution in [1.29, 1.82) is 0 Å². The fourth-order valence-corrected chi connectivity index (χ4v) is 3.63. The summed E-state index contributed by atoms with van der Waals surface area (Å²) in [6, 6.07) is 11.5. The molecule has 0 bridgehead atoms. The number of para-hydroxylation sites is 1. The van der Waals surface area contributed by atoms with Crippen molar-refractivity contribution in [2.45, 2.75) is 27.7 Å². The molecule has 0 saturated carbocycles. The molecule has 1 heterocycles. The third-order valence-electron chi connectivity index (χ3n) is 4.14. The van der Waals surface area contributed by atoms with Gasteiger partial charge in [0.1, 0.15) is 0 Å². The van der Waals surface area contributed by atoms with E-state index in [1.54, 1.807) is 12.1 Å². The van der Waals surface area contributed by atoms with Crippen LogP contribution in [0.2, 0.25) is 0 Å². The highest BCUT2D eigenvalue weighted by Crippen LogP contribution is 2.34. The Morgan fingerprint density at radius 2 is 1.64 bits per heavy atom. The van der Waals surface area contributed by atoms with Crippen LogP contribution in [-0.4, -0.2) is 16.8 Å². The summed E-state index contributed by atoms with van der Waals surface area (Å²) < 4.78 is 0. The Bertz CT molecular complexity index is 1020. The largest absolute Gasteiger partial charge is 0.331 e. The predicted molar refractivity (Wildman–Crippen MR) is 115 cm³/mol. The summed E-state index contributed by atoms with van der Waals surface area (Å²) in [5.74, 6) is -0.361. The molecule has 0 aliphatic rings. The van der Waals surface area contributed by atoms with Gasteiger partial charge in [-0.1, -0.05) is 18.2 Å². The molecule has 3 N–H and O–H groups in total. The van der Waals surface area contributed by atoms with E-state index in [9.17, 15) is 9.59 Å². The first kappa shape index (κ1) is 19.6.